The van der Waals surface area contributed by atoms with Gasteiger partial charge in [0.05, 0.1) is 30.3 Å². The summed E-state index contributed by atoms with van der Waals surface area (Å²) in [5.41, 5.74) is 3.36. The lowest BCUT2D eigenvalue weighted by Crippen LogP contribution is -2.36. The Morgan fingerprint density at radius 1 is 1.21 bits per heavy atom. The van der Waals surface area contributed by atoms with Crippen LogP contribution in [0.25, 0.3) is 10.2 Å². The molecule has 8 heteroatoms. The molecular weight excluding hydrogens is 464 g/mol. The summed E-state index contributed by atoms with van der Waals surface area (Å²) < 4.78 is 5.49. The van der Waals surface area contributed by atoms with E-state index < -0.39 is 0 Å². The average Bonchev–Trinajstić information content (AvgIpc) is 3.64. The summed E-state index contributed by atoms with van der Waals surface area (Å²) in [5, 5.41) is 5.36. The van der Waals surface area contributed by atoms with Crippen LogP contribution >= 0.6 is 23.1 Å². The zero-order valence-electron chi connectivity index (χ0n) is 19.5. The van der Waals surface area contributed by atoms with Gasteiger partial charge in [-0.1, -0.05) is 30.8 Å². The number of benzene rings is 1. The lowest BCUT2D eigenvalue weighted by atomic mass is 9.89. The lowest BCUT2D eigenvalue weighted by molar-refractivity contribution is -0.113. The molecule has 0 bridgehead atoms. The van der Waals surface area contributed by atoms with Gasteiger partial charge >= 0.3 is 0 Å². The maximum Gasteiger partial charge on any atom is 0.234 e. The van der Waals surface area contributed by atoms with Crippen LogP contribution in [0.2, 0.25) is 0 Å². The average molecular weight is 495 g/mol. The summed E-state index contributed by atoms with van der Waals surface area (Å²) in [5.74, 6) is 2.54. The number of nitrogens with one attached hydrogen (secondary N) is 1. The fourth-order valence-electron chi connectivity index (χ4n) is 4.93. The highest BCUT2D eigenvalue weighted by Gasteiger charge is 2.30. The topological polar surface area (TPSA) is 67.4 Å². The van der Waals surface area contributed by atoms with Crippen molar-refractivity contribution in [3.05, 3.63) is 40.5 Å². The van der Waals surface area contributed by atoms with Crippen molar-refractivity contribution in [2.45, 2.75) is 50.0 Å². The highest BCUT2D eigenvalue weighted by molar-refractivity contribution is 8.00. The fraction of sp³-hybridized carbons (Fsp3) is 0.500. The van der Waals surface area contributed by atoms with E-state index in [0.29, 0.717) is 11.7 Å². The summed E-state index contributed by atoms with van der Waals surface area (Å²) in [6, 6.07) is 8.05. The summed E-state index contributed by atoms with van der Waals surface area (Å²) >= 11 is 3.42. The number of fused-ring (bicyclic) bond motifs is 3. The van der Waals surface area contributed by atoms with Gasteiger partial charge in [0, 0.05) is 29.3 Å². The van der Waals surface area contributed by atoms with Gasteiger partial charge in [0.25, 0.3) is 0 Å². The number of aromatic nitrogens is 2. The van der Waals surface area contributed by atoms with Crippen LogP contribution in [-0.4, -0.2) is 47.9 Å². The first-order valence-electron chi connectivity index (χ1n) is 12.3. The first-order valence-corrected chi connectivity index (χ1v) is 14.1. The number of nitrogens with zero attached hydrogens (tertiary/aromatic N) is 3. The first kappa shape index (κ1) is 22.3. The third-order valence-electron chi connectivity index (χ3n) is 6.95. The number of para-hydroxylation sites is 2. The van der Waals surface area contributed by atoms with Crippen molar-refractivity contribution in [1.29, 1.82) is 0 Å². The zero-order valence-corrected chi connectivity index (χ0v) is 21.1. The summed E-state index contributed by atoms with van der Waals surface area (Å²) in [4.78, 5) is 27.9. The third kappa shape index (κ3) is 4.55. The smallest absolute Gasteiger partial charge is 0.234 e. The number of aryl methyl sites for hydroxylation is 1. The van der Waals surface area contributed by atoms with E-state index in [1.54, 1.807) is 11.8 Å². The third-order valence-corrected chi connectivity index (χ3v) is 9.08. The van der Waals surface area contributed by atoms with Gasteiger partial charge in [-0.2, -0.15) is 0 Å². The summed E-state index contributed by atoms with van der Waals surface area (Å²) in [6.45, 7) is 5.45. The van der Waals surface area contributed by atoms with Gasteiger partial charge in [0.15, 0.2) is 0 Å². The minimum absolute atomic E-state index is 0.00293. The second kappa shape index (κ2) is 9.47. The molecular formula is C26H30N4O2S2. The van der Waals surface area contributed by atoms with Crippen LogP contribution in [0.1, 0.15) is 48.4 Å². The number of hydrogen-bond acceptors (Lipinski definition) is 7. The van der Waals surface area contributed by atoms with Gasteiger partial charge in [0.2, 0.25) is 5.91 Å². The molecule has 6 nitrogen and oxygen atoms in total. The SMILES string of the molecule is C[C@@H]1CCc2c(sc3nc(C4CC4)nc(SCC(=O)Nc4ccccc4N4CCOCC4)c23)C1. The molecule has 3 heterocycles. The lowest BCUT2D eigenvalue weighted by Gasteiger charge is -2.30. The molecule has 6 rings (SSSR count). The largest absolute Gasteiger partial charge is 0.378 e. The number of thioether (sulfide) groups is 1. The number of ether oxygens (including phenoxy) is 1. The number of morpholine rings is 1. The molecule has 0 unspecified atom stereocenters. The van der Waals surface area contributed by atoms with E-state index in [1.807, 2.05) is 29.5 Å². The van der Waals surface area contributed by atoms with Crippen molar-refractivity contribution in [1.82, 2.24) is 9.97 Å². The van der Waals surface area contributed by atoms with Crippen LogP contribution in [0.3, 0.4) is 0 Å². The number of hydrogen-bond donors (Lipinski definition) is 1. The molecule has 1 saturated carbocycles. The Morgan fingerprint density at radius 2 is 2.03 bits per heavy atom. The van der Waals surface area contributed by atoms with Crippen molar-refractivity contribution < 1.29 is 9.53 Å². The molecule has 3 aliphatic rings. The molecule has 1 aromatic carbocycles. The summed E-state index contributed by atoms with van der Waals surface area (Å²) in [7, 11) is 0. The molecule has 0 spiro atoms. The van der Waals surface area contributed by atoms with Crippen LogP contribution < -0.4 is 10.2 Å². The van der Waals surface area contributed by atoms with Gasteiger partial charge in [-0.3, -0.25) is 4.79 Å². The molecule has 2 aromatic heterocycles. The van der Waals surface area contributed by atoms with Crippen LogP contribution in [-0.2, 0) is 22.4 Å². The Kier molecular flexibility index (Phi) is 6.22. The Hall–Kier alpha value is -2.16. The second-order valence-corrected chi connectivity index (χ2v) is 11.7. The summed E-state index contributed by atoms with van der Waals surface area (Å²) in [6.07, 6.45) is 5.80. The fourth-order valence-corrected chi connectivity index (χ4v) is 7.25. The van der Waals surface area contributed by atoms with E-state index in [-0.39, 0.29) is 5.91 Å². The van der Waals surface area contributed by atoms with Crippen LogP contribution in [0.15, 0.2) is 29.3 Å². The Balaban J connectivity index is 1.23. The van der Waals surface area contributed by atoms with Crippen molar-refractivity contribution in [2.75, 3.05) is 42.3 Å². The minimum atomic E-state index is 0.00293. The van der Waals surface area contributed by atoms with Crippen molar-refractivity contribution in [3.8, 4) is 0 Å². The van der Waals surface area contributed by atoms with Crippen molar-refractivity contribution in [3.63, 3.8) is 0 Å². The Labute approximate surface area is 208 Å². The molecule has 178 valence electrons. The van der Waals surface area contributed by atoms with Crippen molar-refractivity contribution >= 4 is 50.6 Å². The normalized spacial score (nSPS) is 20.4. The van der Waals surface area contributed by atoms with E-state index >= 15 is 0 Å². The number of carbonyl (C=O) groups is 1. The standard InChI is InChI=1S/C26H30N4O2S2/c1-16-6-9-18-21(14-16)34-26-23(18)25(28-24(29-26)17-7-8-17)33-15-22(31)27-19-4-2-3-5-20(19)30-10-12-32-13-11-30/h2-5,16-17H,6-15H2,1H3,(H,27,31)/t16-/m1/s1. The molecule has 3 aromatic rings. The van der Waals surface area contributed by atoms with E-state index in [4.69, 9.17) is 14.7 Å². The number of amides is 1. The molecule has 2 aliphatic carbocycles. The number of rotatable bonds is 6. The van der Waals surface area contributed by atoms with Crippen LogP contribution in [0.4, 0.5) is 11.4 Å². The molecule has 2 fully saturated rings. The Bertz CT molecular complexity index is 1220. The molecule has 1 amide bonds. The van der Waals surface area contributed by atoms with E-state index in [0.717, 1.165) is 72.1 Å². The van der Waals surface area contributed by atoms with Crippen LogP contribution in [0.5, 0.6) is 0 Å². The number of anilines is 2. The molecule has 1 aliphatic heterocycles. The van der Waals surface area contributed by atoms with E-state index in [2.05, 4.69) is 23.2 Å². The van der Waals surface area contributed by atoms with Gasteiger partial charge in [0.1, 0.15) is 15.7 Å². The zero-order chi connectivity index (χ0) is 23.1. The monoisotopic (exact) mass is 494 g/mol. The maximum atomic E-state index is 13.0. The minimum Gasteiger partial charge on any atom is -0.378 e. The van der Waals surface area contributed by atoms with Crippen LogP contribution in [0, 0.1) is 5.92 Å². The van der Waals surface area contributed by atoms with Gasteiger partial charge < -0.3 is 15.0 Å². The molecule has 1 N–H and O–H groups in total. The number of carbonyl (C=O) groups excluding carboxylic acids is 1. The maximum absolute atomic E-state index is 13.0. The van der Waals surface area contributed by atoms with Gasteiger partial charge in [-0.05, 0) is 55.7 Å². The molecule has 34 heavy (non-hydrogen) atoms. The molecule has 1 atom stereocenters. The van der Waals surface area contributed by atoms with E-state index in [1.165, 1.54) is 35.1 Å². The highest BCUT2D eigenvalue weighted by atomic mass is 32.2. The quantitative estimate of drug-likeness (QED) is 0.372. The molecule has 0 radical (unpaired) electrons. The van der Waals surface area contributed by atoms with Crippen molar-refractivity contribution in [2.24, 2.45) is 5.92 Å². The first-order chi connectivity index (χ1) is 16.7. The number of thiophene rings is 1. The highest BCUT2D eigenvalue weighted by Crippen LogP contribution is 2.44. The molecule has 1 saturated heterocycles. The second-order valence-electron chi connectivity index (χ2n) is 9.65. The van der Waals surface area contributed by atoms with E-state index in [9.17, 15) is 4.79 Å². The van der Waals surface area contributed by atoms with Gasteiger partial charge in [-0.15, -0.1) is 11.3 Å². The van der Waals surface area contributed by atoms with Gasteiger partial charge in [-0.25, -0.2) is 9.97 Å². The predicted molar refractivity (Wildman–Crippen MR) is 139 cm³/mol. The predicted octanol–water partition coefficient (Wildman–Crippen LogP) is 5.26. The Morgan fingerprint density at radius 3 is 2.85 bits per heavy atom.